The number of rotatable bonds is 3. The molecule has 1 N–H and O–H groups in total. The molecule has 2 atom stereocenters. The van der Waals surface area contributed by atoms with Crippen molar-refractivity contribution in [3.05, 3.63) is 0 Å². The van der Waals surface area contributed by atoms with Crippen LogP contribution in [0.5, 0.6) is 0 Å². The summed E-state index contributed by atoms with van der Waals surface area (Å²) >= 11 is 0. The zero-order chi connectivity index (χ0) is 13.2. The van der Waals surface area contributed by atoms with Gasteiger partial charge in [0.1, 0.15) is 0 Å². The highest BCUT2D eigenvalue weighted by Gasteiger charge is 2.42. The zero-order valence-corrected chi connectivity index (χ0v) is 12.6. The van der Waals surface area contributed by atoms with Crippen LogP contribution in [0.4, 0.5) is 0 Å². The van der Waals surface area contributed by atoms with E-state index in [1.165, 1.54) is 44.9 Å². The molecule has 0 heterocycles. The minimum Gasteiger partial charge on any atom is -0.390 e. The van der Waals surface area contributed by atoms with Gasteiger partial charge in [-0.25, -0.2) is 0 Å². The SMILES string of the molecule is CCC1CCCC(C2(O)CCC(C(C)C)CC2)C1. The van der Waals surface area contributed by atoms with E-state index in [4.69, 9.17) is 0 Å². The lowest BCUT2D eigenvalue weighted by Crippen LogP contribution is -2.44. The largest absolute Gasteiger partial charge is 0.390 e. The van der Waals surface area contributed by atoms with Crippen molar-refractivity contribution in [2.24, 2.45) is 23.7 Å². The molecule has 0 aromatic carbocycles. The average Bonchev–Trinajstić information content (AvgIpc) is 2.39. The molecule has 2 unspecified atom stereocenters. The molecule has 0 spiro atoms. The molecule has 0 aromatic rings. The van der Waals surface area contributed by atoms with E-state index in [0.29, 0.717) is 5.92 Å². The summed E-state index contributed by atoms with van der Waals surface area (Å²) in [6.07, 6.45) is 11.3. The van der Waals surface area contributed by atoms with Gasteiger partial charge in [-0.15, -0.1) is 0 Å². The van der Waals surface area contributed by atoms with Gasteiger partial charge in [-0.1, -0.05) is 40.0 Å². The third kappa shape index (κ3) is 3.10. The lowest BCUT2D eigenvalue weighted by molar-refractivity contribution is -0.0803. The van der Waals surface area contributed by atoms with Crippen LogP contribution in [-0.4, -0.2) is 10.7 Å². The lowest BCUT2D eigenvalue weighted by Gasteiger charge is -2.45. The number of hydrogen-bond acceptors (Lipinski definition) is 1. The Kier molecular flexibility index (Phi) is 4.75. The van der Waals surface area contributed by atoms with Crippen LogP contribution in [0, 0.1) is 23.7 Å². The predicted octanol–water partition coefficient (Wildman–Crippen LogP) is 4.78. The van der Waals surface area contributed by atoms with E-state index < -0.39 is 0 Å². The fourth-order valence-electron chi connectivity index (χ4n) is 4.36. The fraction of sp³-hybridized carbons (Fsp3) is 1.00. The summed E-state index contributed by atoms with van der Waals surface area (Å²) in [5, 5.41) is 11.0. The molecule has 106 valence electrons. The molecule has 0 bridgehead atoms. The van der Waals surface area contributed by atoms with Crippen LogP contribution >= 0.6 is 0 Å². The smallest absolute Gasteiger partial charge is 0.0676 e. The predicted molar refractivity (Wildman–Crippen MR) is 77.5 cm³/mol. The minimum absolute atomic E-state index is 0.306. The average molecular weight is 252 g/mol. The molecular weight excluding hydrogens is 220 g/mol. The highest BCUT2D eigenvalue weighted by Crippen LogP contribution is 2.46. The van der Waals surface area contributed by atoms with Crippen molar-refractivity contribution < 1.29 is 5.11 Å². The fourth-order valence-corrected chi connectivity index (χ4v) is 4.36. The maximum atomic E-state index is 11.0. The van der Waals surface area contributed by atoms with E-state index >= 15 is 0 Å². The molecular formula is C17H32O. The van der Waals surface area contributed by atoms with Crippen LogP contribution in [0.3, 0.4) is 0 Å². The van der Waals surface area contributed by atoms with Gasteiger partial charge in [0.05, 0.1) is 5.60 Å². The van der Waals surface area contributed by atoms with Gasteiger partial charge in [0.15, 0.2) is 0 Å². The molecule has 0 aliphatic heterocycles. The molecule has 2 aliphatic carbocycles. The molecule has 1 nitrogen and oxygen atoms in total. The first-order chi connectivity index (χ1) is 8.55. The molecule has 2 aliphatic rings. The second kappa shape index (κ2) is 5.94. The van der Waals surface area contributed by atoms with E-state index in [1.54, 1.807) is 0 Å². The molecule has 18 heavy (non-hydrogen) atoms. The van der Waals surface area contributed by atoms with Crippen molar-refractivity contribution in [1.29, 1.82) is 0 Å². The molecule has 0 aromatic heterocycles. The van der Waals surface area contributed by atoms with Crippen LogP contribution in [0.1, 0.15) is 78.6 Å². The van der Waals surface area contributed by atoms with E-state index in [2.05, 4.69) is 20.8 Å². The van der Waals surface area contributed by atoms with Crippen molar-refractivity contribution in [2.45, 2.75) is 84.2 Å². The summed E-state index contributed by atoms with van der Waals surface area (Å²) in [7, 11) is 0. The van der Waals surface area contributed by atoms with Crippen molar-refractivity contribution in [2.75, 3.05) is 0 Å². The third-order valence-corrected chi connectivity index (χ3v) is 5.96. The highest BCUT2D eigenvalue weighted by atomic mass is 16.3. The Balaban J connectivity index is 1.92. The Hall–Kier alpha value is -0.0400. The van der Waals surface area contributed by atoms with Crippen molar-refractivity contribution in [3.63, 3.8) is 0 Å². The van der Waals surface area contributed by atoms with Crippen LogP contribution in [0.25, 0.3) is 0 Å². The highest BCUT2D eigenvalue weighted by molar-refractivity contribution is 4.94. The van der Waals surface area contributed by atoms with Gasteiger partial charge >= 0.3 is 0 Å². The summed E-state index contributed by atoms with van der Waals surface area (Å²) in [6, 6.07) is 0. The monoisotopic (exact) mass is 252 g/mol. The van der Waals surface area contributed by atoms with Crippen LogP contribution in [0.15, 0.2) is 0 Å². The first-order valence-electron chi connectivity index (χ1n) is 8.27. The maximum Gasteiger partial charge on any atom is 0.0676 e. The number of hydrogen-bond donors (Lipinski definition) is 1. The van der Waals surface area contributed by atoms with Gasteiger partial charge in [0.25, 0.3) is 0 Å². The van der Waals surface area contributed by atoms with E-state index in [0.717, 1.165) is 30.6 Å². The second-order valence-electron chi connectivity index (χ2n) is 7.32. The number of aliphatic hydroxyl groups is 1. The van der Waals surface area contributed by atoms with Crippen LogP contribution in [-0.2, 0) is 0 Å². The summed E-state index contributed by atoms with van der Waals surface area (Å²) in [5.41, 5.74) is -0.306. The van der Waals surface area contributed by atoms with Crippen molar-refractivity contribution >= 4 is 0 Å². The minimum atomic E-state index is -0.306. The van der Waals surface area contributed by atoms with Crippen molar-refractivity contribution in [1.82, 2.24) is 0 Å². The Labute approximate surface area is 113 Å². The molecule has 2 rings (SSSR count). The molecule has 2 saturated carbocycles. The Bertz CT molecular complexity index is 250. The summed E-state index contributed by atoms with van der Waals surface area (Å²) in [5.74, 6) is 3.14. The second-order valence-corrected chi connectivity index (χ2v) is 7.32. The molecule has 0 saturated heterocycles. The standard InChI is InChI=1S/C17H32O/c1-4-14-6-5-7-16(12-14)17(18)10-8-15(9-11-17)13(2)3/h13-16,18H,4-12H2,1-3H3. The van der Waals surface area contributed by atoms with Gasteiger partial charge < -0.3 is 5.11 Å². The molecule has 0 radical (unpaired) electrons. The van der Waals surface area contributed by atoms with Crippen molar-refractivity contribution in [3.8, 4) is 0 Å². The van der Waals surface area contributed by atoms with E-state index in [-0.39, 0.29) is 5.60 Å². The first-order valence-corrected chi connectivity index (χ1v) is 8.27. The lowest BCUT2D eigenvalue weighted by atomic mass is 9.64. The normalized spacial score (nSPS) is 42.2. The van der Waals surface area contributed by atoms with Crippen LogP contribution < -0.4 is 0 Å². The summed E-state index contributed by atoms with van der Waals surface area (Å²) in [4.78, 5) is 0. The summed E-state index contributed by atoms with van der Waals surface area (Å²) < 4.78 is 0. The zero-order valence-electron chi connectivity index (χ0n) is 12.6. The Morgan fingerprint density at radius 3 is 2.33 bits per heavy atom. The van der Waals surface area contributed by atoms with E-state index in [1.807, 2.05) is 0 Å². The third-order valence-electron chi connectivity index (χ3n) is 5.96. The quantitative estimate of drug-likeness (QED) is 0.766. The Morgan fingerprint density at radius 2 is 1.78 bits per heavy atom. The molecule has 1 heteroatoms. The van der Waals surface area contributed by atoms with Crippen LogP contribution in [0.2, 0.25) is 0 Å². The Morgan fingerprint density at radius 1 is 1.11 bits per heavy atom. The first kappa shape index (κ1) is 14.4. The van der Waals surface area contributed by atoms with Gasteiger partial charge in [-0.3, -0.25) is 0 Å². The summed E-state index contributed by atoms with van der Waals surface area (Å²) in [6.45, 7) is 6.98. The van der Waals surface area contributed by atoms with E-state index in [9.17, 15) is 5.11 Å². The maximum absolute atomic E-state index is 11.0. The van der Waals surface area contributed by atoms with Gasteiger partial charge in [0.2, 0.25) is 0 Å². The van der Waals surface area contributed by atoms with Gasteiger partial charge in [-0.2, -0.15) is 0 Å². The van der Waals surface area contributed by atoms with Gasteiger partial charge in [-0.05, 0) is 62.2 Å². The molecule has 0 amide bonds. The molecule has 2 fully saturated rings. The van der Waals surface area contributed by atoms with Gasteiger partial charge in [0, 0.05) is 0 Å². The topological polar surface area (TPSA) is 20.2 Å².